The number of hydrogen-bond donors (Lipinski definition) is 1. The summed E-state index contributed by atoms with van der Waals surface area (Å²) < 4.78 is 2.41. The number of fused-ring (bicyclic) bond motifs is 1. The van der Waals surface area contributed by atoms with Gasteiger partial charge >= 0.3 is 5.97 Å². The van der Waals surface area contributed by atoms with E-state index in [1.807, 2.05) is 13.0 Å². The number of pyridine rings is 1. The molecule has 84 valence electrons. The van der Waals surface area contributed by atoms with Crippen molar-refractivity contribution in [1.29, 1.82) is 0 Å². The summed E-state index contributed by atoms with van der Waals surface area (Å²) in [6.07, 6.45) is 3.65. The predicted molar refractivity (Wildman–Crippen MR) is 62.2 cm³/mol. The minimum atomic E-state index is -0.869. The van der Waals surface area contributed by atoms with Gasteiger partial charge in [-0.15, -0.1) is 0 Å². The fourth-order valence-electron chi connectivity index (χ4n) is 1.61. The van der Waals surface area contributed by atoms with Gasteiger partial charge in [-0.2, -0.15) is 0 Å². The summed E-state index contributed by atoms with van der Waals surface area (Å²) >= 11 is 3.30. The molecule has 0 fully saturated rings. The SMILES string of the molecule is CCC(C(=O)O)n1cnc2cc(Br)cnc21. The van der Waals surface area contributed by atoms with Crippen LogP contribution in [-0.4, -0.2) is 25.6 Å². The molecule has 0 amide bonds. The molecule has 2 rings (SSSR count). The molecule has 1 unspecified atom stereocenters. The van der Waals surface area contributed by atoms with E-state index in [4.69, 9.17) is 5.11 Å². The first-order valence-electron chi connectivity index (χ1n) is 4.84. The Bertz CT molecular complexity index is 538. The topological polar surface area (TPSA) is 68.0 Å². The summed E-state index contributed by atoms with van der Waals surface area (Å²) in [6.45, 7) is 1.82. The molecule has 1 N–H and O–H groups in total. The highest BCUT2D eigenvalue weighted by atomic mass is 79.9. The Kier molecular flexibility index (Phi) is 2.91. The van der Waals surface area contributed by atoms with Crippen molar-refractivity contribution in [2.24, 2.45) is 0 Å². The van der Waals surface area contributed by atoms with Crippen molar-refractivity contribution in [1.82, 2.24) is 14.5 Å². The summed E-state index contributed by atoms with van der Waals surface area (Å²) in [6, 6.07) is 1.20. The van der Waals surface area contributed by atoms with Crippen molar-refractivity contribution in [2.45, 2.75) is 19.4 Å². The van der Waals surface area contributed by atoms with Crippen LogP contribution in [0, 0.1) is 0 Å². The summed E-state index contributed by atoms with van der Waals surface area (Å²) in [7, 11) is 0. The maximum atomic E-state index is 11.1. The van der Waals surface area contributed by atoms with Crippen LogP contribution in [0.2, 0.25) is 0 Å². The molecule has 0 aliphatic rings. The Morgan fingerprint density at radius 3 is 3.00 bits per heavy atom. The van der Waals surface area contributed by atoms with Gasteiger partial charge in [0.2, 0.25) is 0 Å². The third-order valence-corrected chi connectivity index (χ3v) is 2.82. The number of carboxylic acids is 1. The molecule has 2 heterocycles. The molecule has 1 atom stereocenters. The molecular weight excluding hydrogens is 274 g/mol. The van der Waals surface area contributed by atoms with E-state index in [1.54, 1.807) is 10.8 Å². The molecule has 16 heavy (non-hydrogen) atoms. The predicted octanol–water partition coefficient (Wildman–Crippen LogP) is 2.23. The molecule has 0 aliphatic carbocycles. The second-order valence-corrected chi connectivity index (χ2v) is 4.33. The van der Waals surface area contributed by atoms with Crippen molar-refractivity contribution in [3.63, 3.8) is 0 Å². The summed E-state index contributed by atoms with van der Waals surface area (Å²) in [5.41, 5.74) is 1.28. The zero-order valence-corrected chi connectivity index (χ0v) is 10.2. The van der Waals surface area contributed by atoms with Gasteiger partial charge in [0, 0.05) is 10.7 Å². The number of hydrogen-bond acceptors (Lipinski definition) is 3. The van der Waals surface area contributed by atoms with Gasteiger partial charge in [-0.05, 0) is 28.4 Å². The van der Waals surface area contributed by atoms with Gasteiger partial charge in [-0.3, -0.25) is 0 Å². The molecule has 0 saturated carbocycles. The number of aromatic nitrogens is 3. The molecule has 2 aromatic rings. The van der Waals surface area contributed by atoms with E-state index >= 15 is 0 Å². The van der Waals surface area contributed by atoms with Crippen molar-refractivity contribution in [3.8, 4) is 0 Å². The molecule has 0 saturated heterocycles. The maximum Gasteiger partial charge on any atom is 0.326 e. The Balaban J connectivity index is 2.57. The fraction of sp³-hybridized carbons (Fsp3) is 0.300. The Morgan fingerprint density at radius 2 is 2.38 bits per heavy atom. The zero-order chi connectivity index (χ0) is 11.7. The van der Waals surface area contributed by atoms with Crippen molar-refractivity contribution in [3.05, 3.63) is 23.1 Å². The van der Waals surface area contributed by atoms with E-state index in [0.717, 1.165) is 4.47 Å². The molecular formula is C10H10BrN3O2. The van der Waals surface area contributed by atoms with Crippen LogP contribution in [-0.2, 0) is 4.79 Å². The van der Waals surface area contributed by atoms with E-state index in [2.05, 4.69) is 25.9 Å². The first kappa shape index (κ1) is 11.1. The monoisotopic (exact) mass is 283 g/mol. The van der Waals surface area contributed by atoms with E-state index in [1.165, 1.54) is 6.33 Å². The highest BCUT2D eigenvalue weighted by Crippen LogP contribution is 2.20. The van der Waals surface area contributed by atoms with Crippen molar-refractivity contribution < 1.29 is 9.90 Å². The second kappa shape index (κ2) is 4.21. The molecule has 0 aliphatic heterocycles. The first-order valence-corrected chi connectivity index (χ1v) is 5.63. The van der Waals surface area contributed by atoms with Gasteiger partial charge in [-0.25, -0.2) is 14.8 Å². The van der Waals surface area contributed by atoms with Gasteiger partial charge in [0.05, 0.1) is 6.33 Å². The van der Waals surface area contributed by atoms with Crippen LogP contribution in [0.15, 0.2) is 23.1 Å². The third-order valence-electron chi connectivity index (χ3n) is 2.39. The molecule has 0 spiro atoms. The number of nitrogens with zero attached hydrogens (tertiary/aromatic N) is 3. The summed E-state index contributed by atoms with van der Waals surface area (Å²) in [4.78, 5) is 19.4. The lowest BCUT2D eigenvalue weighted by Gasteiger charge is -2.11. The van der Waals surface area contributed by atoms with Crippen LogP contribution in [0.5, 0.6) is 0 Å². The van der Waals surface area contributed by atoms with Crippen LogP contribution in [0.1, 0.15) is 19.4 Å². The third kappa shape index (κ3) is 1.80. The quantitative estimate of drug-likeness (QED) is 0.938. The number of aliphatic carboxylic acids is 1. The number of carbonyl (C=O) groups is 1. The largest absolute Gasteiger partial charge is 0.480 e. The Morgan fingerprint density at radius 1 is 1.62 bits per heavy atom. The van der Waals surface area contributed by atoms with E-state index < -0.39 is 12.0 Å². The number of imidazole rings is 1. The molecule has 0 radical (unpaired) electrons. The summed E-state index contributed by atoms with van der Waals surface area (Å²) in [5, 5.41) is 9.07. The number of halogens is 1. The van der Waals surface area contributed by atoms with Gasteiger partial charge in [0.15, 0.2) is 5.65 Å². The second-order valence-electron chi connectivity index (χ2n) is 3.41. The van der Waals surface area contributed by atoms with Crippen LogP contribution in [0.4, 0.5) is 0 Å². The minimum absolute atomic E-state index is 0.499. The van der Waals surface area contributed by atoms with E-state index in [9.17, 15) is 4.79 Å². The average Bonchev–Trinajstić information content (AvgIpc) is 2.62. The Labute approximate surface area is 100 Å². The van der Waals surface area contributed by atoms with Gasteiger partial charge < -0.3 is 9.67 Å². The average molecular weight is 284 g/mol. The number of carboxylic acid groups (broad SMARTS) is 1. The van der Waals surface area contributed by atoms with Crippen LogP contribution < -0.4 is 0 Å². The lowest BCUT2D eigenvalue weighted by Crippen LogP contribution is -2.17. The highest BCUT2D eigenvalue weighted by molar-refractivity contribution is 9.10. The molecule has 0 aromatic carbocycles. The molecule has 0 bridgehead atoms. The van der Waals surface area contributed by atoms with E-state index in [0.29, 0.717) is 17.6 Å². The molecule has 2 aromatic heterocycles. The van der Waals surface area contributed by atoms with E-state index in [-0.39, 0.29) is 0 Å². The lowest BCUT2D eigenvalue weighted by molar-refractivity contribution is -0.140. The van der Waals surface area contributed by atoms with Gasteiger partial charge in [0.1, 0.15) is 11.6 Å². The summed E-state index contributed by atoms with van der Waals surface area (Å²) in [5.74, 6) is -0.869. The maximum absolute atomic E-state index is 11.1. The first-order chi connectivity index (χ1) is 7.63. The normalized spacial score (nSPS) is 12.9. The molecule has 5 nitrogen and oxygen atoms in total. The lowest BCUT2D eigenvalue weighted by atomic mass is 10.2. The van der Waals surface area contributed by atoms with Crippen molar-refractivity contribution in [2.75, 3.05) is 0 Å². The zero-order valence-electron chi connectivity index (χ0n) is 8.59. The number of rotatable bonds is 3. The Hall–Kier alpha value is -1.43. The smallest absolute Gasteiger partial charge is 0.326 e. The van der Waals surface area contributed by atoms with Gasteiger partial charge in [0.25, 0.3) is 0 Å². The standard InChI is InChI=1S/C10H10BrN3O2/c1-2-8(10(15)16)14-5-13-7-3-6(11)4-12-9(7)14/h3-5,8H,2H2,1H3,(H,15,16). The minimum Gasteiger partial charge on any atom is -0.480 e. The van der Waals surface area contributed by atoms with Crippen LogP contribution in [0.25, 0.3) is 11.2 Å². The van der Waals surface area contributed by atoms with Crippen LogP contribution in [0.3, 0.4) is 0 Å². The fourth-order valence-corrected chi connectivity index (χ4v) is 1.93. The highest BCUT2D eigenvalue weighted by Gasteiger charge is 2.19. The van der Waals surface area contributed by atoms with Crippen LogP contribution >= 0.6 is 15.9 Å². The molecule has 6 heteroatoms. The van der Waals surface area contributed by atoms with Gasteiger partial charge in [-0.1, -0.05) is 6.92 Å². The van der Waals surface area contributed by atoms with Crippen molar-refractivity contribution >= 4 is 33.1 Å².